The summed E-state index contributed by atoms with van der Waals surface area (Å²) in [6, 6.07) is 10.5. The largest absolute Gasteiger partial charge is 0.370 e. The lowest BCUT2D eigenvalue weighted by Crippen LogP contribution is -2.05. The van der Waals surface area contributed by atoms with Gasteiger partial charge in [0, 0.05) is 23.9 Å². The van der Waals surface area contributed by atoms with Crippen molar-refractivity contribution >= 4 is 17.6 Å². The molecular formula is C16H21N3S. The van der Waals surface area contributed by atoms with Crippen molar-refractivity contribution in [2.45, 2.75) is 43.5 Å². The highest BCUT2D eigenvalue weighted by Crippen LogP contribution is 2.27. The quantitative estimate of drug-likeness (QED) is 0.803. The summed E-state index contributed by atoms with van der Waals surface area (Å²) in [4.78, 5) is 10.3. The van der Waals surface area contributed by atoms with Crippen LogP contribution in [0.25, 0.3) is 0 Å². The Labute approximate surface area is 125 Å². The van der Waals surface area contributed by atoms with Gasteiger partial charge in [0.25, 0.3) is 0 Å². The Bertz CT molecular complexity index is 552. The van der Waals surface area contributed by atoms with Gasteiger partial charge in [-0.3, -0.25) is 0 Å². The second-order valence-corrected chi connectivity index (χ2v) is 5.80. The molecule has 0 aliphatic rings. The first-order chi connectivity index (χ1) is 9.71. The van der Waals surface area contributed by atoms with Gasteiger partial charge in [0.05, 0.1) is 0 Å². The second-order valence-electron chi connectivity index (χ2n) is 4.70. The smallest absolute Gasteiger partial charge is 0.131 e. The van der Waals surface area contributed by atoms with Crippen LogP contribution in [0.4, 0.5) is 5.82 Å². The molecule has 0 spiro atoms. The zero-order valence-electron chi connectivity index (χ0n) is 12.3. The number of benzene rings is 1. The number of hydrogen-bond acceptors (Lipinski definition) is 4. The van der Waals surface area contributed by atoms with Crippen molar-refractivity contribution in [3.63, 3.8) is 0 Å². The highest BCUT2D eigenvalue weighted by molar-refractivity contribution is 7.99. The van der Waals surface area contributed by atoms with Gasteiger partial charge in [0.15, 0.2) is 0 Å². The SMILES string of the molecule is CCCNc1cc(Sc2ccc(C)cc2)nc(CC)n1. The van der Waals surface area contributed by atoms with Crippen LogP contribution in [-0.2, 0) is 6.42 Å². The molecule has 1 heterocycles. The fourth-order valence-electron chi connectivity index (χ4n) is 1.75. The molecule has 1 aromatic heterocycles. The van der Waals surface area contributed by atoms with Gasteiger partial charge in [-0.05, 0) is 25.5 Å². The van der Waals surface area contributed by atoms with Crippen molar-refractivity contribution < 1.29 is 0 Å². The average Bonchev–Trinajstić information content (AvgIpc) is 2.47. The zero-order chi connectivity index (χ0) is 14.4. The molecular weight excluding hydrogens is 266 g/mol. The zero-order valence-corrected chi connectivity index (χ0v) is 13.1. The molecule has 0 saturated carbocycles. The molecule has 3 nitrogen and oxygen atoms in total. The molecule has 0 bridgehead atoms. The van der Waals surface area contributed by atoms with Gasteiger partial charge in [0.2, 0.25) is 0 Å². The van der Waals surface area contributed by atoms with E-state index in [1.165, 1.54) is 10.5 Å². The molecule has 0 aliphatic heterocycles. The number of nitrogens with one attached hydrogen (secondary N) is 1. The maximum Gasteiger partial charge on any atom is 0.131 e. The predicted molar refractivity (Wildman–Crippen MR) is 85.5 cm³/mol. The predicted octanol–water partition coefficient (Wildman–Crippen LogP) is 4.32. The van der Waals surface area contributed by atoms with E-state index in [0.717, 1.165) is 36.1 Å². The first-order valence-electron chi connectivity index (χ1n) is 7.07. The number of rotatable bonds is 6. The van der Waals surface area contributed by atoms with Crippen LogP contribution in [0.3, 0.4) is 0 Å². The summed E-state index contributed by atoms with van der Waals surface area (Å²) >= 11 is 1.68. The van der Waals surface area contributed by atoms with Gasteiger partial charge < -0.3 is 5.32 Å². The van der Waals surface area contributed by atoms with Crippen LogP contribution in [0.2, 0.25) is 0 Å². The Balaban J connectivity index is 2.19. The number of aromatic nitrogens is 2. The number of hydrogen-bond donors (Lipinski definition) is 1. The Kier molecular flexibility index (Phi) is 5.41. The highest BCUT2D eigenvalue weighted by atomic mass is 32.2. The van der Waals surface area contributed by atoms with E-state index in [1.807, 2.05) is 6.07 Å². The van der Waals surface area contributed by atoms with Crippen LogP contribution < -0.4 is 5.32 Å². The third kappa shape index (κ3) is 4.23. The van der Waals surface area contributed by atoms with E-state index in [9.17, 15) is 0 Å². The Morgan fingerprint density at radius 2 is 1.85 bits per heavy atom. The molecule has 0 amide bonds. The van der Waals surface area contributed by atoms with Crippen molar-refractivity contribution in [2.24, 2.45) is 0 Å². The first kappa shape index (κ1) is 14.9. The topological polar surface area (TPSA) is 37.8 Å². The summed E-state index contributed by atoms with van der Waals surface area (Å²) < 4.78 is 0. The van der Waals surface area contributed by atoms with E-state index >= 15 is 0 Å². The lowest BCUT2D eigenvalue weighted by atomic mass is 10.2. The van der Waals surface area contributed by atoms with Crippen LogP contribution in [0, 0.1) is 6.92 Å². The summed E-state index contributed by atoms with van der Waals surface area (Å²) in [5, 5.41) is 4.34. The fourth-order valence-corrected chi connectivity index (χ4v) is 2.59. The molecule has 0 radical (unpaired) electrons. The molecule has 0 unspecified atom stereocenters. The lowest BCUT2D eigenvalue weighted by molar-refractivity contribution is 0.877. The average molecular weight is 287 g/mol. The minimum atomic E-state index is 0.850. The minimum absolute atomic E-state index is 0.850. The molecule has 106 valence electrons. The summed E-state index contributed by atoms with van der Waals surface area (Å²) in [5.74, 6) is 1.81. The maximum absolute atomic E-state index is 4.59. The summed E-state index contributed by atoms with van der Waals surface area (Å²) in [6.07, 6.45) is 1.94. The summed E-state index contributed by atoms with van der Waals surface area (Å²) in [7, 11) is 0. The van der Waals surface area contributed by atoms with E-state index in [0.29, 0.717) is 0 Å². The molecule has 1 N–H and O–H groups in total. The standard InChI is InChI=1S/C16H21N3S/c1-4-10-17-15-11-16(19-14(5-2)18-15)20-13-8-6-12(3)7-9-13/h6-9,11H,4-5,10H2,1-3H3,(H,17,18,19). The van der Waals surface area contributed by atoms with Crippen molar-refractivity contribution in [1.29, 1.82) is 0 Å². The lowest BCUT2D eigenvalue weighted by Gasteiger charge is -2.08. The molecule has 2 aromatic rings. The first-order valence-corrected chi connectivity index (χ1v) is 7.89. The van der Waals surface area contributed by atoms with Gasteiger partial charge in [-0.15, -0.1) is 0 Å². The third-order valence-electron chi connectivity index (χ3n) is 2.86. The summed E-state index contributed by atoms with van der Waals surface area (Å²) in [5.41, 5.74) is 1.27. The molecule has 0 saturated heterocycles. The van der Waals surface area contributed by atoms with Crippen molar-refractivity contribution in [3.8, 4) is 0 Å². The Morgan fingerprint density at radius 3 is 2.50 bits per heavy atom. The van der Waals surface area contributed by atoms with Crippen LogP contribution >= 0.6 is 11.8 Å². The van der Waals surface area contributed by atoms with Crippen LogP contribution in [0.1, 0.15) is 31.7 Å². The Hall–Kier alpha value is -1.55. The highest BCUT2D eigenvalue weighted by Gasteiger charge is 2.05. The number of nitrogens with zero attached hydrogens (tertiary/aromatic N) is 2. The van der Waals surface area contributed by atoms with Crippen LogP contribution in [0.15, 0.2) is 40.3 Å². The van der Waals surface area contributed by atoms with Gasteiger partial charge in [0.1, 0.15) is 16.7 Å². The van der Waals surface area contributed by atoms with Gasteiger partial charge in [-0.25, -0.2) is 9.97 Å². The van der Waals surface area contributed by atoms with Crippen molar-refractivity contribution in [2.75, 3.05) is 11.9 Å². The Morgan fingerprint density at radius 1 is 1.10 bits per heavy atom. The molecule has 2 rings (SSSR count). The fraction of sp³-hybridized carbons (Fsp3) is 0.375. The van der Waals surface area contributed by atoms with Crippen molar-refractivity contribution in [3.05, 3.63) is 41.7 Å². The molecule has 4 heteroatoms. The number of anilines is 1. The monoisotopic (exact) mass is 287 g/mol. The number of aryl methyl sites for hydroxylation is 2. The van der Waals surface area contributed by atoms with Gasteiger partial charge >= 0.3 is 0 Å². The van der Waals surface area contributed by atoms with E-state index in [4.69, 9.17) is 0 Å². The van der Waals surface area contributed by atoms with Crippen molar-refractivity contribution in [1.82, 2.24) is 9.97 Å². The minimum Gasteiger partial charge on any atom is -0.370 e. The molecule has 0 atom stereocenters. The van der Waals surface area contributed by atoms with Crippen LogP contribution in [-0.4, -0.2) is 16.5 Å². The van der Waals surface area contributed by atoms with Gasteiger partial charge in [-0.1, -0.05) is 43.3 Å². The molecule has 0 aliphatic carbocycles. The summed E-state index contributed by atoms with van der Waals surface area (Å²) in [6.45, 7) is 7.27. The van der Waals surface area contributed by atoms with E-state index in [-0.39, 0.29) is 0 Å². The van der Waals surface area contributed by atoms with E-state index in [1.54, 1.807) is 11.8 Å². The van der Waals surface area contributed by atoms with E-state index < -0.39 is 0 Å². The van der Waals surface area contributed by atoms with Gasteiger partial charge in [-0.2, -0.15) is 0 Å². The molecule has 20 heavy (non-hydrogen) atoms. The molecule has 0 fully saturated rings. The van der Waals surface area contributed by atoms with E-state index in [2.05, 4.69) is 60.3 Å². The third-order valence-corrected chi connectivity index (χ3v) is 3.79. The maximum atomic E-state index is 4.59. The molecule has 1 aromatic carbocycles. The normalized spacial score (nSPS) is 10.6. The van der Waals surface area contributed by atoms with Crippen LogP contribution in [0.5, 0.6) is 0 Å². The second kappa shape index (κ2) is 7.29.